The zero-order chi connectivity index (χ0) is 12.8. The lowest BCUT2D eigenvalue weighted by atomic mass is 10.1. The Morgan fingerprint density at radius 1 is 1.35 bits per heavy atom. The van der Waals surface area contributed by atoms with Crippen LogP contribution in [0.1, 0.15) is 42.2 Å². The van der Waals surface area contributed by atoms with Crippen molar-refractivity contribution in [2.45, 2.75) is 26.2 Å². The lowest BCUT2D eigenvalue weighted by Gasteiger charge is -2.01. The maximum absolute atomic E-state index is 11.7. The highest BCUT2D eigenvalue weighted by molar-refractivity contribution is 5.97. The Labute approximate surface area is 99.6 Å². The molecule has 1 heterocycles. The van der Waals surface area contributed by atoms with Crippen LogP contribution in [0.4, 0.5) is 0 Å². The molecule has 90 valence electrons. The van der Waals surface area contributed by atoms with Crippen molar-refractivity contribution in [3.63, 3.8) is 0 Å². The van der Waals surface area contributed by atoms with Gasteiger partial charge >= 0.3 is 0 Å². The summed E-state index contributed by atoms with van der Waals surface area (Å²) in [5, 5.41) is 7.16. The first-order valence-corrected chi connectivity index (χ1v) is 5.34. The molecule has 3 N–H and O–H groups in total. The molecule has 0 fully saturated rings. The molecule has 0 bridgehead atoms. The number of hydrogen-bond donors (Lipinski definition) is 2. The van der Waals surface area contributed by atoms with Gasteiger partial charge in [0.1, 0.15) is 17.3 Å². The molecule has 1 rings (SSSR count). The van der Waals surface area contributed by atoms with Crippen molar-refractivity contribution in [3.05, 3.63) is 29.6 Å². The molecule has 0 amide bonds. The Kier molecular flexibility index (Phi) is 4.51. The second-order valence-electron chi connectivity index (χ2n) is 3.82. The minimum Gasteiger partial charge on any atom is -0.382 e. The SMILES string of the molecule is CC(=O)CCCC(=O)c1ccc(C(=N)N)nc1. The maximum Gasteiger partial charge on any atom is 0.164 e. The normalized spacial score (nSPS) is 9.94. The summed E-state index contributed by atoms with van der Waals surface area (Å²) in [6, 6.07) is 3.14. The largest absolute Gasteiger partial charge is 0.382 e. The number of carbonyl (C=O) groups is 2. The standard InChI is InChI=1S/C12H15N3O2/c1-8(16)3-2-4-11(17)9-5-6-10(12(13)14)15-7-9/h5-7H,2-4H2,1H3,(H3,13,14). The molecule has 0 saturated carbocycles. The van der Waals surface area contributed by atoms with Gasteiger partial charge in [0.25, 0.3) is 0 Å². The molecule has 0 saturated heterocycles. The van der Waals surface area contributed by atoms with Crippen LogP contribution < -0.4 is 5.73 Å². The first-order valence-electron chi connectivity index (χ1n) is 5.34. The number of amidine groups is 1. The van der Waals surface area contributed by atoms with Crippen molar-refractivity contribution in [3.8, 4) is 0 Å². The topological polar surface area (TPSA) is 96.9 Å². The summed E-state index contributed by atoms with van der Waals surface area (Å²) < 4.78 is 0. The fourth-order valence-corrected chi connectivity index (χ4v) is 1.36. The summed E-state index contributed by atoms with van der Waals surface area (Å²) in [5.74, 6) is -0.0858. The van der Waals surface area contributed by atoms with Gasteiger partial charge in [-0.1, -0.05) is 0 Å². The van der Waals surface area contributed by atoms with Gasteiger partial charge in [-0.15, -0.1) is 0 Å². The number of nitrogen functional groups attached to an aromatic ring is 1. The van der Waals surface area contributed by atoms with Gasteiger partial charge in [-0.3, -0.25) is 15.2 Å². The van der Waals surface area contributed by atoms with Gasteiger partial charge in [0.2, 0.25) is 0 Å². The molecule has 0 aliphatic carbocycles. The zero-order valence-corrected chi connectivity index (χ0v) is 9.69. The molecular weight excluding hydrogens is 218 g/mol. The highest BCUT2D eigenvalue weighted by Gasteiger charge is 2.07. The molecule has 5 nitrogen and oxygen atoms in total. The Morgan fingerprint density at radius 3 is 2.53 bits per heavy atom. The third-order valence-electron chi connectivity index (χ3n) is 2.29. The van der Waals surface area contributed by atoms with Gasteiger partial charge in [0.05, 0.1) is 0 Å². The molecule has 1 aromatic heterocycles. The molecule has 17 heavy (non-hydrogen) atoms. The van der Waals surface area contributed by atoms with Crippen molar-refractivity contribution < 1.29 is 9.59 Å². The van der Waals surface area contributed by atoms with Crippen LogP contribution in [0.2, 0.25) is 0 Å². The van der Waals surface area contributed by atoms with E-state index in [0.29, 0.717) is 30.5 Å². The van der Waals surface area contributed by atoms with E-state index in [2.05, 4.69) is 4.98 Å². The lowest BCUT2D eigenvalue weighted by Crippen LogP contribution is -2.13. The predicted molar refractivity (Wildman–Crippen MR) is 64.1 cm³/mol. The summed E-state index contributed by atoms with van der Waals surface area (Å²) >= 11 is 0. The Hall–Kier alpha value is -2.04. The highest BCUT2D eigenvalue weighted by Crippen LogP contribution is 2.07. The fraction of sp³-hybridized carbons (Fsp3) is 0.333. The first-order chi connectivity index (χ1) is 8.00. The van der Waals surface area contributed by atoms with Crippen molar-refractivity contribution in [2.24, 2.45) is 5.73 Å². The number of hydrogen-bond acceptors (Lipinski definition) is 4. The third-order valence-corrected chi connectivity index (χ3v) is 2.29. The molecule has 1 aromatic rings. The minimum absolute atomic E-state index is 0.0474. The van der Waals surface area contributed by atoms with Crippen LogP contribution in [0, 0.1) is 5.41 Å². The van der Waals surface area contributed by atoms with Gasteiger partial charge in [0.15, 0.2) is 5.78 Å². The predicted octanol–water partition coefficient (Wildman–Crippen LogP) is 1.31. The van der Waals surface area contributed by atoms with E-state index in [-0.39, 0.29) is 17.4 Å². The van der Waals surface area contributed by atoms with E-state index in [9.17, 15) is 9.59 Å². The van der Waals surface area contributed by atoms with Gasteiger partial charge in [0, 0.05) is 24.6 Å². The van der Waals surface area contributed by atoms with Gasteiger partial charge in [-0.25, -0.2) is 0 Å². The number of nitrogens with two attached hydrogens (primary N) is 1. The Balaban J connectivity index is 2.57. The summed E-state index contributed by atoms with van der Waals surface area (Å²) in [5.41, 5.74) is 6.09. The van der Waals surface area contributed by atoms with E-state index in [4.69, 9.17) is 11.1 Å². The van der Waals surface area contributed by atoms with Crippen molar-refractivity contribution >= 4 is 17.4 Å². The van der Waals surface area contributed by atoms with Gasteiger partial charge in [-0.05, 0) is 25.5 Å². The monoisotopic (exact) mass is 233 g/mol. The third kappa shape index (κ3) is 4.14. The number of Topliss-reactive ketones (excluding diaryl/α,β-unsaturated/α-hetero) is 2. The summed E-state index contributed by atoms with van der Waals surface area (Å²) in [6.07, 6.45) is 2.72. The molecule has 0 aromatic carbocycles. The molecule has 0 radical (unpaired) electrons. The second kappa shape index (κ2) is 5.89. The smallest absolute Gasteiger partial charge is 0.164 e. The van der Waals surface area contributed by atoms with E-state index in [1.807, 2.05) is 0 Å². The van der Waals surface area contributed by atoms with E-state index in [0.717, 1.165) is 0 Å². The van der Waals surface area contributed by atoms with E-state index >= 15 is 0 Å². The van der Waals surface area contributed by atoms with Crippen LogP contribution in [0.5, 0.6) is 0 Å². The summed E-state index contributed by atoms with van der Waals surface area (Å²) in [6.45, 7) is 1.51. The fourth-order valence-electron chi connectivity index (χ4n) is 1.36. The number of ketones is 2. The number of aromatic nitrogens is 1. The molecule has 0 atom stereocenters. The molecule has 0 aliphatic rings. The van der Waals surface area contributed by atoms with Crippen molar-refractivity contribution in [1.29, 1.82) is 5.41 Å². The van der Waals surface area contributed by atoms with Crippen LogP contribution in [0.3, 0.4) is 0 Å². The Morgan fingerprint density at radius 2 is 2.06 bits per heavy atom. The van der Waals surface area contributed by atoms with E-state index in [1.165, 1.54) is 13.1 Å². The number of pyridine rings is 1. The number of nitrogens with zero attached hydrogens (tertiary/aromatic N) is 1. The number of carbonyl (C=O) groups excluding carboxylic acids is 2. The van der Waals surface area contributed by atoms with Gasteiger partial charge < -0.3 is 10.5 Å². The van der Waals surface area contributed by atoms with Crippen molar-refractivity contribution in [1.82, 2.24) is 4.98 Å². The van der Waals surface area contributed by atoms with Gasteiger partial charge in [-0.2, -0.15) is 0 Å². The second-order valence-corrected chi connectivity index (χ2v) is 3.82. The summed E-state index contributed by atoms with van der Waals surface area (Å²) in [7, 11) is 0. The lowest BCUT2D eigenvalue weighted by molar-refractivity contribution is -0.117. The molecule has 5 heteroatoms. The van der Waals surface area contributed by atoms with E-state index in [1.54, 1.807) is 12.1 Å². The summed E-state index contributed by atoms with van der Waals surface area (Å²) in [4.78, 5) is 26.3. The Bertz CT molecular complexity index is 438. The van der Waals surface area contributed by atoms with Crippen LogP contribution in [0.15, 0.2) is 18.3 Å². The zero-order valence-electron chi connectivity index (χ0n) is 9.69. The van der Waals surface area contributed by atoms with Crippen LogP contribution >= 0.6 is 0 Å². The molecule has 0 unspecified atom stereocenters. The quantitative estimate of drug-likeness (QED) is 0.439. The molecular formula is C12H15N3O2. The van der Waals surface area contributed by atoms with Crippen LogP contribution in [0.25, 0.3) is 0 Å². The van der Waals surface area contributed by atoms with Crippen LogP contribution in [-0.2, 0) is 4.79 Å². The average molecular weight is 233 g/mol. The number of nitrogens with one attached hydrogen (secondary N) is 1. The maximum atomic E-state index is 11.7. The highest BCUT2D eigenvalue weighted by atomic mass is 16.1. The van der Waals surface area contributed by atoms with E-state index < -0.39 is 0 Å². The first kappa shape index (κ1) is 13.0. The van der Waals surface area contributed by atoms with Crippen LogP contribution in [-0.4, -0.2) is 22.4 Å². The molecule has 0 aliphatic heterocycles. The van der Waals surface area contributed by atoms with Crippen molar-refractivity contribution in [2.75, 3.05) is 0 Å². The number of rotatable bonds is 6. The average Bonchev–Trinajstić information content (AvgIpc) is 2.28. The molecule has 0 spiro atoms. The minimum atomic E-state index is -0.124.